The molecule has 0 saturated heterocycles. The van der Waals surface area contributed by atoms with Crippen LogP contribution in [0.15, 0.2) is 42.5 Å². The summed E-state index contributed by atoms with van der Waals surface area (Å²) in [6, 6.07) is 15.3. The quantitative estimate of drug-likeness (QED) is 0.701. The van der Waals surface area contributed by atoms with E-state index in [1.807, 2.05) is 30.3 Å². The SMILES string of the molecule is CNc1nc(-c2ccccc2)c(C#N)c(-c2cc(OC)c(OC)c(OC)c2)n1. The number of anilines is 1. The van der Waals surface area contributed by atoms with Crippen molar-refractivity contribution in [3.8, 4) is 45.8 Å². The van der Waals surface area contributed by atoms with Gasteiger partial charge in [-0.3, -0.25) is 0 Å². The normalized spacial score (nSPS) is 10.1. The molecule has 0 spiro atoms. The van der Waals surface area contributed by atoms with Crippen LogP contribution in [0.2, 0.25) is 0 Å². The van der Waals surface area contributed by atoms with Gasteiger partial charge >= 0.3 is 0 Å². The van der Waals surface area contributed by atoms with Gasteiger partial charge in [0, 0.05) is 18.2 Å². The minimum absolute atomic E-state index is 0.361. The average Bonchev–Trinajstić information content (AvgIpc) is 2.77. The summed E-state index contributed by atoms with van der Waals surface area (Å²) < 4.78 is 16.3. The highest BCUT2D eigenvalue weighted by atomic mass is 16.5. The maximum Gasteiger partial charge on any atom is 0.223 e. The Morgan fingerprint density at radius 3 is 1.89 bits per heavy atom. The number of methoxy groups -OCH3 is 3. The smallest absolute Gasteiger partial charge is 0.223 e. The van der Waals surface area contributed by atoms with E-state index in [2.05, 4.69) is 21.4 Å². The van der Waals surface area contributed by atoms with Crippen molar-refractivity contribution in [2.24, 2.45) is 0 Å². The summed E-state index contributed by atoms with van der Waals surface area (Å²) in [6.07, 6.45) is 0. The molecule has 0 amide bonds. The Morgan fingerprint density at radius 2 is 1.43 bits per heavy atom. The van der Waals surface area contributed by atoms with Crippen LogP contribution in [-0.4, -0.2) is 38.3 Å². The maximum absolute atomic E-state index is 9.90. The van der Waals surface area contributed by atoms with E-state index in [0.717, 1.165) is 5.56 Å². The summed E-state index contributed by atoms with van der Waals surface area (Å²) in [4.78, 5) is 9.03. The number of nitrogens with zero attached hydrogens (tertiary/aromatic N) is 3. The van der Waals surface area contributed by atoms with Crippen LogP contribution in [0.5, 0.6) is 17.2 Å². The van der Waals surface area contributed by atoms with Gasteiger partial charge in [0.25, 0.3) is 0 Å². The second-order valence-corrected chi connectivity index (χ2v) is 5.76. The first-order valence-electron chi connectivity index (χ1n) is 8.52. The Labute approximate surface area is 163 Å². The highest BCUT2D eigenvalue weighted by molar-refractivity contribution is 5.80. The van der Waals surface area contributed by atoms with Gasteiger partial charge in [-0.05, 0) is 12.1 Å². The van der Waals surface area contributed by atoms with Gasteiger partial charge in [0.05, 0.1) is 32.7 Å². The minimum Gasteiger partial charge on any atom is -0.493 e. The molecule has 0 fully saturated rings. The second kappa shape index (κ2) is 8.27. The van der Waals surface area contributed by atoms with Crippen molar-refractivity contribution >= 4 is 5.95 Å². The fourth-order valence-electron chi connectivity index (χ4n) is 2.91. The molecular formula is C21H20N4O3. The molecule has 7 nitrogen and oxygen atoms in total. The van der Waals surface area contributed by atoms with Crippen molar-refractivity contribution in [3.63, 3.8) is 0 Å². The molecule has 1 aromatic heterocycles. The number of aromatic nitrogens is 2. The number of hydrogen-bond acceptors (Lipinski definition) is 7. The van der Waals surface area contributed by atoms with E-state index in [1.54, 1.807) is 33.4 Å². The number of rotatable bonds is 6. The largest absolute Gasteiger partial charge is 0.493 e. The van der Waals surface area contributed by atoms with Gasteiger partial charge in [-0.25, -0.2) is 9.97 Å². The van der Waals surface area contributed by atoms with Gasteiger partial charge in [-0.2, -0.15) is 5.26 Å². The fourth-order valence-corrected chi connectivity index (χ4v) is 2.91. The first-order chi connectivity index (χ1) is 13.7. The molecule has 0 saturated carbocycles. The van der Waals surface area contributed by atoms with Crippen LogP contribution >= 0.6 is 0 Å². The topological polar surface area (TPSA) is 89.3 Å². The molecule has 1 heterocycles. The summed E-state index contributed by atoms with van der Waals surface area (Å²) in [7, 11) is 6.36. The van der Waals surface area contributed by atoms with E-state index < -0.39 is 0 Å². The molecule has 0 aliphatic carbocycles. The van der Waals surface area contributed by atoms with Gasteiger partial charge in [0.2, 0.25) is 11.7 Å². The maximum atomic E-state index is 9.90. The predicted octanol–water partition coefficient (Wildman–Crippen LogP) is 3.75. The third kappa shape index (κ3) is 3.40. The molecule has 3 aromatic rings. The van der Waals surface area contributed by atoms with Gasteiger partial charge < -0.3 is 19.5 Å². The van der Waals surface area contributed by atoms with Crippen LogP contribution in [0.3, 0.4) is 0 Å². The molecule has 0 radical (unpaired) electrons. The van der Waals surface area contributed by atoms with Gasteiger partial charge in [-0.15, -0.1) is 0 Å². The summed E-state index contributed by atoms with van der Waals surface area (Å²) in [5.41, 5.74) is 2.86. The summed E-state index contributed by atoms with van der Waals surface area (Å²) in [5.74, 6) is 1.83. The molecule has 2 aromatic carbocycles. The van der Waals surface area contributed by atoms with Gasteiger partial charge in [-0.1, -0.05) is 30.3 Å². The number of hydrogen-bond donors (Lipinski definition) is 1. The molecular weight excluding hydrogens is 356 g/mol. The van der Waals surface area contributed by atoms with Crippen LogP contribution in [0.1, 0.15) is 5.56 Å². The Morgan fingerprint density at radius 1 is 0.857 bits per heavy atom. The first-order valence-corrected chi connectivity index (χ1v) is 8.52. The zero-order chi connectivity index (χ0) is 20.1. The minimum atomic E-state index is 0.361. The van der Waals surface area contributed by atoms with Crippen LogP contribution in [0.25, 0.3) is 22.5 Å². The van der Waals surface area contributed by atoms with Crippen LogP contribution in [0.4, 0.5) is 5.95 Å². The van der Waals surface area contributed by atoms with E-state index in [-0.39, 0.29) is 0 Å². The molecule has 3 rings (SSSR count). The lowest BCUT2D eigenvalue weighted by Gasteiger charge is -2.16. The Bertz CT molecular complexity index is 1000. The van der Waals surface area contributed by atoms with E-state index in [1.165, 1.54) is 7.11 Å². The Kier molecular flexibility index (Phi) is 5.61. The zero-order valence-electron chi connectivity index (χ0n) is 16.1. The van der Waals surface area contributed by atoms with E-state index in [0.29, 0.717) is 45.7 Å². The standard InChI is InChI=1S/C21H20N4O3/c1-23-21-24-18(13-8-6-5-7-9-13)15(12-22)19(25-21)14-10-16(26-2)20(28-4)17(11-14)27-3/h5-11H,1-4H3,(H,23,24,25). The number of nitriles is 1. The number of ether oxygens (including phenoxy) is 3. The van der Waals surface area contributed by atoms with Crippen molar-refractivity contribution in [2.75, 3.05) is 33.7 Å². The van der Waals surface area contributed by atoms with Gasteiger partial charge in [0.15, 0.2) is 11.5 Å². The summed E-state index contributed by atoms with van der Waals surface area (Å²) >= 11 is 0. The second-order valence-electron chi connectivity index (χ2n) is 5.76. The first kappa shape index (κ1) is 19.0. The van der Waals surface area contributed by atoms with E-state index >= 15 is 0 Å². The molecule has 1 N–H and O–H groups in total. The van der Waals surface area contributed by atoms with Crippen molar-refractivity contribution in [2.45, 2.75) is 0 Å². The van der Waals surface area contributed by atoms with Crippen molar-refractivity contribution in [1.82, 2.24) is 9.97 Å². The zero-order valence-corrected chi connectivity index (χ0v) is 16.1. The van der Waals surface area contributed by atoms with E-state index in [4.69, 9.17) is 14.2 Å². The highest BCUT2D eigenvalue weighted by Gasteiger charge is 2.21. The third-order valence-corrected chi connectivity index (χ3v) is 4.23. The van der Waals surface area contributed by atoms with Crippen LogP contribution < -0.4 is 19.5 Å². The Hall–Kier alpha value is -3.79. The average molecular weight is 376 g/mol. The third-order valence-electron chi connectivity index (χ3n) is 4.23. The monoisotopic (exact) mass is 376 g/mol. The molecule has 0 atom stereocenters. The Balaban J connectivity index is 2.32. The van der Waals surface area contributed by atoms with Crippen LogP contribution in [-0.2, 0) is 0 Å². The fraction of sp³-hybridized carbons (Fsp3) is 0.190. The molecule has 0 bridgehead atoms. The van der Waals surface area contributed by atoms with Crippen molar-refractivity contribution in [3.05, 3.63) is 48.0 Å². The predicted molar refractivity (Wildman–Crippen MR) is 107 cm³/mol. The van der Waals surface area contributed by atoms with Gasteiger partial charge in [0.1, 0.15) is 11.6 Å². The van der Waals surface area contributed by atoms with Crippen LogP contribution in [0, 0.1) is 11.3 Å². The molecule has 7 heteroatoms. The molecule has 28 heavy (non-hydrogen) atoms. The lowest BCUT2D eigenvalue weighted by atomic mass is 10.0. The molecule has 0 aliphatic heterocycles. The number of benzene rings is 2. The molecule has 0 aliphatic rings. The molecule has 142 valence electrons. The lowest BCUT2D eigenvalue weighted by molar-refractivity contribution is 0.324. The lowest BCUT2D eigenvalue weighted by Crippen LogP contribution is -2.04. The summed E-state index contributed by atoms with van der Waals surface area (Å²) in [6.45, 7) is 0. The van der Waals surface area contributed by atoms with Crippen molar-refractivity contribution < 1.29 is 14.2 Å². The van der Waals surface area contributed by atoms with Crippen molar-refractivity contribution in [1.29, 1.82) is 5.26 Å². The number of nitrogens with one attached hydrogen (secondary N) is 1. The summed E-state index contributed by atoms with van der Waals surface area (Å²) in [5, 5.41) is 12.9. The van der Waals surface area contributed by atoms with E-state index in [9.17, 15) is 5.26 Å². The highest BCUT2D eigenvalue weighted by Crippen LogP contribution is 2.42. The molecule has 0 unspecified atom stereocenters.